The fourth-order valence-electron chi connectivity index (χ4n) is 2.17. The molecule has 0 saturated carbocycles. The van der Waals surface area contributed by atoms with E-state index in [2.05, 4.69) is 0 Å². The predicted molar refractivity (Wildman–Crippen MR) is 60.4 cm³/mol. The van der Waals surface area contributed by atoms with Crippen molar-refractivity contribution in [3.05, 3.63) is 48.3 Å². The molecule has 0 aliphatic rings. The minimum absolute atomic E-state index is 0.149. The van der Waals surface area contributed by atoms with Gasteiger partial charge in [-0.15, -0.1) is 0 Å². The molecule has 3 aromatic rings. The third-order valence-corrected chi connectivity index (χ3v) is 2.89. The van der Waals surface area contributed by atoms with E-state index < -0.39 is 0 Å². The summed E-state index contributed by atoms with van der Waals surface area (Å²) in [6.45, 7) is 0. The molecule has 0 aliphatic heterocycles. The van der Waals surface area contributed by atoms with E-state index in [0.29, 0.717) is 0 Å². The van der Waals surface area contributed by atoms with Gasteiger partial charge in [-0.05, 0) is 18.2 Å². The van der Waals surface area contributed by atoms with Crippen molar-refractivity contribution in [1.29, 1.82) is 0 Å². The van der Waals surface area contributed by atoms with Crippen LogP contribution in [0, 0.1) is 5.82 Å². The van der Waals surface area contributed by atoms with Crippen LogP contribution >= 0.6 is 0 Å². The first-order valence-corrected chi connectivity index (χ1v) is 4.90. The summed E-state index contributed by atoms with van der Waals surface area (Å²) in [6.07, 6.45) is 0. The lowest BCUT2D eigenvalue weighted by Gasteiger charge is -1.96. The molecule has 0 bridgehead atoms. The second kappa shape index (κ2) is 2.83. The molecular formula is C13H10FN. The Morgan fingerprint density at radius 1 is 0.933 bits per heavy atom. The lowest BCUT2D eigenvalue weighted by atomic mass is 10.1. The molecule has 1 aromatic heterocycles. The highest BCUT2D eigenvalue weighted by Gasteiger charge is 2.10. The number of halogens is 1. The molecule has 1 heterocycles. The molecule has 74 valence electrons. The Hall–Kier alpha value is -1.83. The predicted octanol–water partition coefficient (Wildman–Crippen LogP) is 3.47. The first-order chi connectivity index (χ1) is 7.29. The number of benzene rings is 2. The van der Waals surface area contributed by atoms with Crippen molar-refractivity contribution in [3.8, 4) is 0 Å². The molecule has 15 heavy (non-hydrogen) atoms. The van der Waals surface area contributed by atoms with Crippen molar-refractivity contribution in [1.82, 2.24) is 4.57 Å². The zero-order chi connectivity index (χ0) is 10.4. The van der Waals surface area contributed by atoms with Gasteiger partial charge in [-0.1, -0.05) is 24.3 Å². The zero-order valence-corrected chi connectivity index (χ0v) is 8.37. The number of fused-ring (bicyclic) bond motifs is 3. The normalized spacial score (nSPS) is 11.3. The van der Waals surface area contributed by atoms with Gasteiger partial charge in [0.2, 0.25) is 0 Å². The highest BCUT2D eigenvalue weighted by atomic mass is 19.1. The standard InChI is InChI=1S/C13H10FN/c1-15-11-7-3-2-5-9(11)13-10(14)6-4-8-12(13)15/h2-8H,1H3. The van der Waals surface area contributed by atoms with Crippen LogP contribution in [0.4, 0.5) is 4.39 Å². The first-order valence-electron chi connectivity index (χ1n) is 4.90. The number of aryl methyl sites for hydroxylation is 1. The van der Waals surface area contributed by atoms with Crippen molar-refractivity contribution >= 4 is 21.8 Å². The van der Waals surface area contributed by atoms with Crippen LogP contribution in [0.2, 0.25) is 0 Å². The second-order valence-corrected chi connectivity index (χ2v) is 3.71. The highest BCUT2D eigenvalue weighted by molar-refractivity contribution is 6.08. The van der Waals surface area contributed by atoms with Gasteiger partial charge in [0.15, 0.2) is 0 Å². The molecule has 0 N–H and O–H groups in total. The maximum atomic E-state index is 13.7. The number of rotatable bonds is 0. The van der Waals surface area contributed by atoms with E-state index >= 15 is 0 Å². The molecule has 0 spiro atoms. The molecule has 0 aliphatic carbocycles. The fraction of sp³-hybridized carbons (Fsp3) is 0.0769. The topological polar surface area (TPSA) is 4.93 Å². The molecule has 0 radical (unpaired) electrons. The Labute approximate surface area is 86.7 Å². The van der Waals surface area contributed by atoms with Crippen LogP contribution in [0.1, 0.15) is 0 Å². The average Bonchev–Trinajstić information content (AvgIpc) is 2.55. The monoisotopic (exact) mass is 199 g/mol. The maximum absolute atomic E-state index is 13.7. The summed E-state index contributed by atoms with van der Waals surface area (Å²) in [6, 6.07) is 13.1. The Kier molecular flexibility index (Phi) is 1.60. The molecule has 3 rings (SSSR count). The van der Waals surface area contributed by atoms with Crippen molar-refractivity contribution in [2.75, 3.05) is 0 Å². The van der Waals surface area contributed by atoms with Gasteiger partial charge in [0.05, 0.1) is 5.52 Å². The maximum Gasteiger partial charge on any atom is 0.133 e. The summed E-state index contributed by atoms with van der Waals surface area (Å²) < 4.78 is 15.7. The summed E-state index contributed by atoms with van der Waals surface area (Å²) in [5, 5.41) is 1.70. The van der Waals surface area contributed by atoms with E-state index in [1.165, 1.54) is 6.07 Å². The summed E-state index contributed by atoms with van der Waals surface area (Å²) >= 11 is 0. The van der Waals surface area contributed by atoms with Gasteiger partial charge in [-0.25, -0.2) is 4.39 Å². The van der Waals surface area contributed by atoms with Crippen LogP contribution < -0.4 is 0 Å². The van der Waals surface area contributed by atoms with Gasteiger partial charge in [0, 0.05) is 23.3 Å². The first kappa shape index (κ1) is 8.48. The number of hydrogen-bond donors (Lipinski definition) is 0. The van der Waals surface area contributed by atoms with Gasteiger partial charge in [0.1, 0.15) is 5.82 Å². The molecule has 0 fully saturated rings. The third-order valence-electron chi connectivity index (χ3n) is 2.89. The van der Waals surface area contributed by atoms with Crippen molar-refractivity contribution in [2.45, 2.75) is 0 Å². The van der Waals surface area contributed by atoms with E-state index in [1.807, 2.05) is 41.9 Å². The zero-order valence-electron chi connectivity index (χ0n) is 8.37. The van der Waals surface area contributed by atoms with Crippen molar-refractivity contribution in [2.24, 2.45) is 7.05 Å². The van der Waals surface area contributed by atoms with E-state index in [0.717, 1.165) is 21.8 Å². The number of aromatic nitrogens is 1. The Morgan fingerprint density at radius 2 is 1.67 bits per heavy atom. The van der Waals surface area contributed by atoms with E-state index in [1.54, 1.807) is 6.07 Å². The van der Waals surface area contributed by atoms with Gasteiger partial charge in [0.25, 0.3) is 0 Å². The molecule has 0 unspecified atom stereocenters. The van der Waals surface area contributed by atoms with Crippen LogP contribution in [0.5, 0.6) is 0 Å². The quantitative estimate of drug-likeness (QED) is 0.522. The molecule has 2 heteroatoms. The fourth-order valence-corrected chi connectivity index (χ4v) is 2.17. The second-order valence-electron chi connectivity index (χ2n) is 3.71. The molecule has 0 saturated heterocycles. The van der Waals surface area contributed by atoms with Crippen LogP contribution in [0.15, 0.2) is 42.5 Å². The highest BCUT2D eigenvalue weighted by Crippen LogP contribution is 2.29. The largest absolute Gasteiger partial charge is 0.344 e. The minimum Gasteiger partial charge on any atom is -0.344 e. The number of hydrogen-bond acceptors (Lipinski definition) is 0. The third kappa shape index (κ3) is 1.02. The summed E-state index contributed by atoms with van der Waals surface area (Å²) in [5.74, 6) is -0.149. The molecule has 1 nitrogen and oxygen atoms in total. The lowest BCUT2D eigenvalue weighted by Crippen LogP contribution is -1.85. The Morgan fingerprint density at radius 3 is 2.53 bits per heavy atom. The van der Waals surface area contributed by atoms with Gasteiger partial charge >= 0.3 is 0 Å². The molecular weight excluding hydrogens is 189 g/mol. The number of para-hydroxylation sites is 1. The summed E-state index contributed by atoms with van der Waals surface area (Å²) in [4.78, 5) is 0. The SMILES string of the molecule is Cn1c2ccccc2c2c(F)cccc21. The summed E-state index contributed by atoms with van der Waals surface area (Å²) in [5.41, 5.74) is 2.01. The molecule has 0 amide bonds. The molecule has 2 aromatic carbocycles. The average molecular weight is 199 g/mol. The van der Waals surface area contributed by atoms with E-state index in [-0.39, 0.29) is 5.82 Å². The van der Waals surface area contributed by atoms with E-state index in [4.69, 9.17) is 0 Å². The smallest absolute Gasteiger partial charge is 0.133 e. The van der Waals surface area contributed by atoms with E-state index in [9.17, 15) is 4.39 Å². The van der Waals surface area contributed by atoms with Gasteiger partial charge in [-0.3, -0.25) is 0 Å². The summed E-state index contributed by atoms with van der Waals surface area (Å²) in [7, 11) is 1.96. The Balaban J connectivity index is 2.70. The van der Waals surface area contributed by atoms with Gasteiger partial charge < -0.3 is 4.57 Å². The van der Waals surface area contributed by atoms with Crippen LogP contribution in [-0.2, 0) is 7.05 Å². The Bertz CT molecular complexity index is 652. The van der Waals surface area contributed by atoms with Gasteiger partial charge in [-0.2, -0.15) is 0 Å². The van der Waals surface area contributed by atoms with Crippen LogP contribution in [-0.4, -0.2) is 4.57 Å². The van der Waals surface area contributed by atoms with Crippen LogP contribution in [0.3, 0.4) is 0 Å². The number of nitrogens with zero attached hydrogens (tertiary/aromatic N) is 1. The molecule has 0 atom stereocenters. The van der Waals surface area contributed by atoms with Crippen molar-refractivity contribution in [3.63, 3.8) is 0 Å². The van der Waals surface area contributed by atoms with Crippen molar-refractivity contribution < 1.29 is 4.39 Å². The minimum atomic E-state index is -0.149. The lowest BCUT2D eigenvalue weighted by molar-refractivity contribution is 0.640. The van der Waals surface area contributed by atoms with Crippen LogP contribution in [0.25, 0.3) is 21.8 Å².